The van der Waals surface area contributed by atoms with Crippen LogP contribution in [0.3, 0.4) is 0 Å². The number of nitrogens with one attached hydrogen (secondary N) is 1. The first-order chi connectivity index (χ1) is 8.79. The first-order valence-corrected chi connectivity index (χ1v) is 6.59. The largest absolute Gasteiger partial charge is 0.396 e. The van der Waals surface area contributed by atoms with Crippen LogP contribution in [-0.4, -0.2) is 18.3 Å². The third-order valence-electron chi connectivity index (χ3n) is 3.95. The number of rotatable bonds is 5. The van der Waals surface area contributed by atoms with Gasteiger partial charge in [0.15, 0.2) is 0 Å². The highest BCUT2D eigenvalue weighted by Crippen LogP contribution is 2.36. The van der Waals surface area contributed by atoms with E-state index in [9.17, 15) is 5.11 Å². The molecule has 0 heterocycles. The maximum atomic E-state index is 9.52. The molecule has 0 aromatic heterocycles. The minimum atomic E-state index is 0.0710. The Labute approximate surface area is 108 Å². The van der Waals surface area contributed by atoms with Crippen molar-refractivity contribution < 1.29 is 5.11 Å². The SMILES string of the molecule is N#Cc1ccccc1CNCC1(CO)CCCC1. The first kappa shape index (κ1) is 13.1. The molecule has 1 fully saturated rings. The minimum Gasteiger partial charge on any atom is -0.396 e. The predicted octanol–water partition coefficient (Wildman–Crippen LogP) is 2.20. The molecule has 96 valence electrons. The summed E-state index contributed by atoms with van der Waals surface area (Å²) >= 11 is 0. The molecular formula is C15H20N2O. The lowest BCUT2D eigenvalue weighted by Crippen LogP contribution is -2.34. The second kappa shape index (κ2) is 5.99. The van der Waals surface area contributed by atoms with Crippen molar-refractivity contribution in [1.82, 2.24) is 5.32 Å². The summed E-state index contributed by atoms with van der Waals surface area (Å²) in [6.45, 7) is 1.80. The summed E-state index contributed by atoms with van der Waals surface area (Å²) in [6.07, 6.45) is 4.65. The number of nitrogens with zero attached hydrogens (tertiary/aromatic N) is 1. The summed E-state index contributed by atoms with van der Waals surface area (Å²) in [5.41, 5.74) is 1.84. The third-order valence-corrected chi connectivity index (χ3v) is 3.95. The Bertz CT molecular complexity index is 430. The molecule has 1 aliphatic rings. The van der Waals surface area contributed by atoms with Crippen molar-refractivity contribution in [3.05, 3.63) is 35.4 Å². The molecule has 3 heteroatoms. The van der Waals surface area contributed by atoms with Crippen molar-refractivity contribution in [2.75, 3.05) is 13.2 Å². The molecule has 0 amide bonds. The van der Waals surface area contributed by atoms with E-state index < -0.39 is 0 Å². The smallest absolute Gasteiger partial charge is 0.0995 e. The van der Waals surface area contributed by atoms with E-state index in [0.29, 0.717) is 6.54 Å². The van der Waals surface area contributed by atoms with E-state index in [2.05, 4.69) is 11.4 Å². The Balaban J connectivity index is 1.90. The molecule has 1 saturated carbocycles. The van der Waals surface area contributed by atoms with Crippen LogP contribution in [0.15, 0.2) is 24.3 Å². The fraction of sp³-hybridized carbons (Fsp3) is 0.533. The van der Waals surface area contributed by atoms with Crippen LogP contribution in [0.1, 0.15) is 36.8 Å². The van der Waals surface area contributed by atoms with Crippen molar-refractivity contribution in [1.29, 1.82) is 5.26 Å². The molecule has 0 aliphatic heterocycles. The quantitative estimate of drug-likeness (QED) is 0.835. The van der Waals surface area contributed by atoms with Crippen LogP contribution >= 0.6 is 0 Å². The van der Waals surface area contributed by atoms with Gasteiger partial charge in [-0.1, -0.05) is 31.0 Å². The highest BCUT2D eigenvalue weighted by atomic mass is 16.3. The summed E-state index contributed by atoms with van der Waals surface area (Å²) < 4.78 is 0. The van der Waals surface area contributed by atoms with E-state index in [0.717, 1.165) is 30.5 Å². The molecule has 1 aromatic carbocycles. The number of benzene rings is 1. The normalized spacial score (nSPS) is 17.6. The monoisotopic (exact) mass is 244 g/mol. The van der Waals surface area contributed by atoms with Gasteiger partial charge in [-0.05, 0) is 24.5 Å². The van der Waals surface area contributed by atoms with Gasteiger partial charge in [0.05, 0.1) is 11.6 Å². The Hall–Kier alpha value is -1.37. The van der Waals surface area contributed by atoms with Crippen molar-refractivity contribution in [2.45, 2.75) is 32.2 Å². The van der Waals surface area contributed by atoms with Gasteiger partial charge in [0.1, 0.15) is 0 Å². The predicted molar refractivity (Wildman–Crippen MR) is 70.9 cm³/mol. The average Bonchev–Trinajstić information content (AvgIpc) is 2.89. The standard InChI is InChI=1S/C15H20N2O/c16-9-13-5-1-2-6-14(13)10-17-11-15(12-18)7-3-4-8-15/h1-2,5-6,17-18H,3-4,7-8,10-12H2. The number of aliphatic hydroxyl groups excluding tert-OH is 1. The zero-order valence-corrected chi connectivity index (χ0v) is 10.7. The second-order valence-corrected chi connectivity index (χ2v) is 5.24. The van der Waals surface area contributed by atoms with E-state index in [-0.39, 0.29) is 12.0 Å². The van der Waals surface area contributed by atoms with Crippen molar-refractivity contribution in [3.63, 3.8) is 0 Å². The van der Waals surface area contributed by atoms with E-state index in [4.69, 9.17) is 5.26 Å². The molecule has 0 radical (unpaired) electrons. The third kappa shape index (κ3) is 2.90. The average molecular weight is 244 g/mol. The summed E-state index contributed by atoms with van der Waals surface area (Å²) in [5, 5.41) is 21.9. The van der Waals surface area contributed by atoms with Gasteiger partial charge >= 0.3 is 0 Å². The van der Waals surface area contributed by atoms with Gasteiger partial charge in [-0.25, -0.2) is 0 Å². The molecule has 18 heavy (non-hydrogen) atoms. The van der Waals surface area contributed by atoms with Crippen LogP contribution in [0.4, 0.5) is 0 Å². The molecule has 0 atom stereocenters. The fourth-order valence-electron chi connectivity index (χ4n) is 2.76. The van der Waals surface area contributed by atoms with Crippen LogP contribution in [0.5, 0.6) is 0 Å². The molecule has 1 aromatic rings. The Morgan fingerprint density at radius 2 is 2.00 bits per heavy atom. The zero-order valence-electron chi connectivity index (χ0n) is 10.7. The number of aliphatic hydroxyl groups is 1. The Kier molecular flexibility index (Phi) is 4.35. The molecule has 0 saturated heterocycles. The van der Waals surface area contributed by atoms with Crippen molar-refractivity contribution in [3.8, 4) is 6.07 Å². The zero-order chi connectivity index (χ0) is 12.8. The topological polar surface area (TPSA) is 56.0 Å². The summed E-state index contributed by atoms with van der Waals surface area (Å²) in [6, 6.07) is 9.86. The molecule has 0 unspecified atom stereocenters. The minimum absolute atomic E-state index is 0.0710. The molecule has 1 aliphatic carbocycles. The maximum Gasteiger partial charge on any atom is 0.0995 e. The van der Waals surface area contributed by atoms with Crippen molar-refractivity contribution >= 4 is 0 Å². The first-order valence-electron chi connectivity index (χ1n) is 6.59. The highest BCUT2D eigenvalue weighted by Gasteiger charge is 2.32. The summed E-state index contributed by atoms with van der Waals surface area (Å²) in [4.78, 5) is 0. The van der Waals surface area contributed by atoms with E-state index in [1.807, 2.05) is 24.3 Å². The summed E-state index contributed by atoms with van der Waals surface area (Å²) in [5.74, 6) is 0. The molecule has 0 bridgehead atoms. The number of nitriles is 1. The van der Waals surface area contributed by atoms with Crippen LogP contribution in [0.2, 0.25) is 0 Å². The maximum absolute atomic E-state index is 9.52. The van der Waals surface area contributed by atoms with Gasteiger partial charge in [0.25, 0.3) is 0 Å². The second-order valence-electron chi connectivity index (χ2n) is 5.24. The molecule has 0 spiro atoms. The molecule has 2 N–H and O–H groups in total. The summed E-state index contributed by atoms with van der Waals surface area (Å²) in [7, 11) is 0. The Morgan fingerprint density at radius 1 is 1.28 bits per heavy atom. The fourth-order valence-corrected chi connectivity index (χ4v) is 2.76. The van der Waals surface area contributed by atoms with E-state index in [1.54, 1.807) is 0 Å². The molecular weight excluding hydrogens is 224 g/mol. The Morgan fingerprint density at radius 3 is 2.67 bits per heavy atom. The van der Waals surface area contributed by atoms with Gasteiger partial charge < -0.3 is 10.4 Å². The lowest BCUT2D eigenvalue weighted by Gasteiger charge is -2.26. The molecule has 2 rings (SSSR count). The van der Waals surface area contributed by atoms with Gasteiger partial charge in [0.2, 0.25) is 0 Å². The van der Waals surface area contributed by atoms with Crippen LogP contribution in [0, 0.1) is 16.7 Å². The van der Waals surface area contributed by atoms with Gasteiger partial charge in [-0.3, -0.25) is 0 Å². The lowest BCUT2D eigenvalue weighted by atomic mass is 9.87. The number of hydrogen-bond donors (Lipinski definition) is 2. The van der Waals surface area contributed by atoms with E-state index >= 15 is 0 Å². The van der Waals surface area contributed by atoms with Gasteiger partial charge in [-0.15, -0.1) is 0 Å². The molecule has 3 nitrogen and oxygen atoms in total. The van der Waals surface area contributed by atoms with Gasteiger partial charge in [0, 0.05) is 25.1 Å². The number of hydrogen-bond acceptors (Lipinski definition) is 3. The van der Waals surface area contributed by atoms with Crippen LogP contribution in [-0.2, 0) is 6.54 Å². The van der Waals surface area contributed by atoms with E-state index in [1.165, 1.54) is 12.8 Å². The van der Waals surface area contributed by atoms with Crippen molar-refractivity contribution in [2.24, 2.45) is 5.41 Å². The van der Waals surface area contributed by atoms with Crippen LogP contribution < -0.4 is 5.32 Å². The van der Waals surface area contributed by atoms with Gasteiger partial charge in [-0.2, -0.15) is 5.26 Å². The highest BCUT2D eigenvalue weighted by molar-refractivity contribution is 5.37. The lowest BCUT2D eigenvalue weighted by molar-refractivity contribution is 0.128. The van der Waals surface area contributed by atoms with Crippen LogP contribution in [0.25, 0.3) is 0 Å².